The Morgan fingerprint density at radius 2 is 1.67 bits per heavy atom. The van der Waals surface area contributed by atoms with Gasteiger partial charge in [-0.15, -0.1) is 0 Å². The Morgan fingerprint density at radius 1 is 1.00 bits per heavy atom. The molecule has 0 aromatic heterocycles. The van der Waals surface area contributed by atoms with Gasteiger partial charge in [0.05, 0.1) is 5.02 Å². The SMILES string of the molecule is Oc1ccccc1CNCc1cccc(F)c1Cl. The van der Waals surface area contributed by atoms with Crippen molar-refractivity contribution >= 4 is 11.6 Å². The first kappa shape index (κ1) is 12.9. The number of phenolic OH excluding ortho intramolecular Hbond substituents is 1. The molecule has 18 heavy (non-hydrogen) atoms. The molecule has 0 heterocycles. The smallest absolute Gasteiger partial charge is 0.142 e. The summed E-state index contributed by atoms with van der Waals surface area (Å²) in [6, 6.07) is 11.8. The van der Waals surface area contributed by atoms with Crippen molar-refractivity contribution in [3.8, 4) is 5.75 Å². The summed E-state index contributed by atoms with van der Waals surface area (Å²) in [5.41, 5.74) is 1.50. The molecular weight excluding hydrogens is 253 g/mol. The van der Waals surface area contributed by atoms with Crippen molar-refractivity contribution in [2.75, 3.05) is 0 Å². The number of aromatic hydroxyl groups is 1. The maximum Gasteiger partial charge on any atom is 0.142 e. The summed E-state index contributed by atoms with van der Waals surface area (Å²) < 4.78 is 13.2. The molecule has 0 saturated heterocycles. The second-order valence-corrected chi connectivity index (χ2v) is 4.32. The third-order valence-corrected chi connectivity index (χ3v) is 3.08. The van der Waals surface area contributed by atoms with Gasteiger partial charge in [-0.25, -0.2) is 4.39 Å². The maximum absolute atomic E-state index is 13.2. The topological polar surface area (TPSA) is 32.3 Å². The van der Waals surface area contributed by atoms with Gasteiger partial charge in [0.1, 0.15) is 11.6 Å². The molecule has 0 bridgehead atoms. The third kappa shape index (κ3) is 3.00. The van der Waals surface area contributed by atoms with Crippen molar-refractivity contribution in [2.45, 2.75) is 13.1 Å². The van der Waals surface area contributed by atoms with Gasteiger partial charge in [-0.05, 0) is 17.7 Å². The van der Waals surface area contributed by atoms with Crippen molar-refractivity contribution in [3.63, 3.8) is 0 Å². The first-order valence-electron chi connectivity index (χ1n) is 5.59. The first-order valence-corrected chi connectivity index (χ1v) is 5.97. The lowest BCUT2D eigenvalue weighted by atomic mass is 10.2. The zero-order valence-corrected chi connectivity index (χ0v) is 10.4. The van der Waals surface area contributed by atoms with Crippen LogP contribution in [0.5, 0.6) is 5.75 Å². The van der Waals surface area contributed by atoms with Crippen LogP contribution in [0, 0.1) is 5.82 Å². The minimum atomic E-state index is -0.418. The van der Waals surface area contributed by atoms with Crippen LogP contribution in [0.4, 0.5) is 4.39 Å². The van der Waals surface area contributed by atoms with Crippen LogP contribution < -0.4 is 5.32 Å². The molecule has 0 aliphatic heterocycles. The largest absolute Gasteiger partial charge is 0.508 e. The normalized spacial score (nSPS) is 10.6. The zero-order chi connectivity index (χ0) is 13.0. The van der Waals surface area contributed by atoms with E-state index in [4.69, 9.17) is 11.6 Å². The molecule has 4 heteroatoms. The molecule has 0 spiro atoms. The Balaban J connectivity index is 1.97. The fourth-order valence-corrected chi connectivity index (χ4v) is 1.87. The van der Waals surface area contributed by atoms with E-state index in [2.05, 4.69) is 5.32 Å². The van der Waals surface area contributed by atoms with Crippen molar-refractivity contribution in [2.24, 2.45) is 0 Å². The summed E-state index contributed by atoms with van der Waals surface area (Å²) in [4.78, 5) is 0. The summed E-state index contributed by atoms with van der Waals surface area (Å²) in [5, 5.41) is 12.8. The van der Waals surface area contributed by atoms with Crippen LogP contribution in [0.1, 0.15) is 11.1 Å². The van der Waals surface area contributed by atoms with Crippen LogP contribution in [-0.2, 0) is 13.1 Å². The van der Waals surface area contributed by atoms with Gasteiger partial charge in [0.2, 0.25) is 0 Å². The standard InChI is InChI=1S/C14H13ClFNO/c15-14-11(5-3-6-12(14)16)9-17-8-10-4-1-2-7-13(10)18/h1-7,17-18H,8-9H2. The van der Waals surface area contributed by atoms with Crippen LogP contribution in [0.15, 0.2) is 42.5 Å². The summed E-state index contributed by atoms with van der Waals surface area (Å²) in [5.74, 6) is -0.172. The molecule has 2 aromatic carbocycles. The predicted octanol–water partition coefficient (Wildman–Crippen LogP) is 3.47. The van der Waals surface area contributed by atoms with E-state index in [0.29, 0.717) is 18.7 Å². The minimum Gasteiger partial charge on any atom is -0.508 e. The highest BCUT2D eigenvalue weighted by atomic mass is 35.5. The highest BCUT2D eigenvalue weighted by Gasteiger charge is 2.05. The molecule has 0 amide bonds. The Hall–Kier alpha value is -1.58. The number of phenols is 1. The van der Waals surface area contributed by atoms with E-state index in [-0.39, 0.29) is 10.8 Å². The molecule has 2 rings (SSSR count). The first-order chi connectivity index (χ1) is 8.68. The molecule has 2 aromatic rings. The molecule has 0 fully saturated rings. The number of benzene rings is 2. The van der Waals surface area contributed by atoms with Crippen molar-refractivity contribution in [3.05, 3.63) is 64.4 Å². The van der Waals surface area contributed by atoms with E-state index < -0.39 is 5.82 Å². The van der Waals surface area contributed by atoms with Crippen molar-refractivity contribution in [1.82, 2.24) is 5.32 Å². The molecule has 0 unspecified atom stereocenters. The summed E-state index contributed by atoms with van der Waals surface area (Å²) in [6.45, 7) is 0.949. The van der Waals surface area contributed by atoms with Gasteiger partial charge in [0.25, 0.3) is 0 Å². The van der Waals surface area contributed by atoms with Crippen molar-refractivity contribution in [1.29, 1.82) is 0 Å². The Kier molecular flexibility index (Phi) is 4.18. The summed E-state index contributed by atoms with van der Waals surface area (Å²) in [7, 11) is 0. The molecule has 0 atom stereocenters. The number of halogens is 2. The van der Waals surface area contributed by atoms with E-state index in [1.165, 1.54) is 6.07 Å². The molecule has 0 aliphatic rings. The number of hydrogen-bond donors (Lipinski definition) is 2. The van der Waals surface area contributed by atoms with Crippen LogP contribution in [0.3, 0.4) is 0 Å². The Labute approximate surface area is 110 Å². The van der Waals surface area contributed by atoms with E-state index in [1.807, 2.05) is 12.1 Å². The molecule has 2 N–H and O–H groups in total. The number of nitrogens with one attached hydrogen (secondary N) is 1. The van der Waals surface area contributed by atoms with Crippen LogP contribution in [0.25, 0.3) is 0 Å². The van der Waals surface area contributed by atoms with Gasteiger partial charge < -0.3 is 10.4 Å². The predicted molar refractivity (Wildman–Crippen MR) is 70.1 cm³/mol. The van der Waals surface area contributed by atoms with Crippen LogP contribution in [0.2, 0.25) is 5.02 Å². The Bertz CT molecular complexity index is 545. The molecule has 94 valence electrons. The molecular formula is C14H13ClFNO. The minimum absolute atomic E-state index is 0.141. The number of rotatable bonds is 4. The maximum atomic E-state index is 13.2. The third-order valence-electron chi connectivity index (χ3n) is 2.65. The number of para-hydroxylation sites is 1. The van der Waals surface area contributed by atoms with Crippen LogP contribution in [-0.4, -0.2) is 5.11 Å². The van der Waals surface area contributed by atoms with Gasteiger partial charge in [0.15, 0.2) is 0 Å². The van der Waals surface area contributed by atoms with Gasteiger partial charge in [-0.1, -0.05) is 41.9 Å². The fraction of sp³-hybridized carbons (Fsp3) is 0.143. The summed E-state index contributed by atoms with van der Waals surface area (Å²) in [6.07, 6.45) is 0. The average molecular weight is 266 g/mol. The second kappa shape index (κ2) is 5.85. The van der Waals surface area contributed by atoms with Gasteiger partial charge in [-0.3, -0.25) is 0 Å². The van der Waals surface area contributed by atoms with E-state index in [0.717, 1.165) is 5.56 Å². The number of hydrogen-bond acceptors (Lipinski definition) is 2. The quantitative estimate of drug-likeness (QED) is 0.887. The van der Waals surface area contributed by atoms with E-state index in [1.54, 1.807) is 24.3 Å². The lowest BCUT2D eigenvalue weighted by molar-refractivity contribution is 0.464. The average Bonchev–Trinajstić information content (AvgIpc) is 2.37. The molecule has 0 radical (unpaired) electrons. The Morgan fingerprint density at radius 3 is 2.44 bits per heavy atom. The molecule has 0 saturated carbocycles. The van der Waals surface area contributed by atoms with E-state index >= 15 is 0 Å². The highest BCUT2D eigenvalue weighted by molar-refractivity contribution is 6.31. The fourth-order valence-electron chi connectivity index (χ4n) is 1.68. The highest BCUT2D eigenvalue weighted by Crippen LogP contribution is 2.20. The van der Waals surface area contributed by atoms with Crippen LogP contribution >= 0.6 is 11.6 Å². The zero-order valence-electron chi connectivity index (χ0n) is 9.66. The lowest BCUT2D eigenvalue weighted by Gasteiger charge is -2.08. The van der Waals surface area contributed by atoms with Crippen molar-refractivity contribution < 1.29 is 9.50 Å². The second-order valence-electron chi connectivity index (χ2n) is 3.95. The lowest BCUT2D eigenvalue weighted by Crippen LogP contribution is -2.13. The van der Waals surface area contributed by atoms with E-state index in [9.17, 15) is 9.50 Å². The van der Waals surface area contributed by atoms with Gasteiger partial charge in [-0.2, -0.15) is 0 Å². The monoisotopic (exact) mass is 265 g/mol. The molecule has 2 nitrogen and oxygen atoms in total. The molecule has 0 aliphatic carbocycles. The summed E-state index contributed by atoms with van der Waals surface area (Å²) >= 11 is 5.84. The van der Waals surface area contributed by atoms with Gasteiger partial charge >= 0.3 is 0 Å². The van der Waals surface area contributed by atoms with Gasteiger partial charge in [0, 0.05) is 18.7 Å².